The van der Waals surface area contributed by atoms with E-state index >= 15 is 0 Å². The van der Waals surface area contributed by atoms with Crippen LogP contribution in [0.2, 0.25) is 0 Å². The molecule has 0 radical (unpaired) electrons. The summed E-state index contributed by atoms with van der Waals surface area (Å²) < 4.78 is 5.09. The zero-order valence-corrected chi connectivity index (χ0v) is 15.4. The molecule has 4 fully saturated rings. The summed E-state index contributed by atoms with van der Waals surface area (Å²) in [6.45, 7) is 0. The molecule has 0 saturated heterocycles. The average Bonchev–Trinajstić information content (AvgIpc) is 2.53. The van der Waals surface area contributed by atoms with Crippen LogP contribution >= 0.6 is 0 Å². The van der Waals surface area contributed by atoms with Crippen molar-refractivity contribution in [2.24, 2.45) is 23.2 Å². The van der Waals surface area contributed by atoms with Crippen molar-refractivity contribution in [2.45, 2.75) is 44.9 Å². The summed E-state index contributed by atoms with van der Waals surface area (Å²) in [5.74, 6) is 3.35. The summed E-state index contributed by atoms with van der Waals surface area (Å²) in [5, 5.41) is 3.06. The summed E-state index contributed by atoms with van der Waals surface area (Å²) >= 11 is 0. The van der Waals surface area contributed by atoms with Crippen LogP contribution in [0.1, 0.15) is 44.9 Å². The third-order valence-electron chi connectivity index (χ3n) is 6.33. The van der Waals surface area contributed by atoms with Gasteiger partial charge in [0.2, 0.25) is 5.91 Å². The molecular formula is C19H28N4O2. The molecule has 1 N–H and O–H groups in total. The van der Waals surface area contributed by atoms with Crippen LogP contribution in [0.3, 0.4) is 0 Å². The van der Waals surface area contributed by atoms with Crippen molar-refractivity contribution in [3.05, 3.63) is 6.20 Å². The minimum absolute atomic E-state index is 0.0961. The monoisotopic (exact) mass is 344 g/mol. The molecule has 0 aromatic carbocycles. The molecule has 0 unspecified atom stereocenters. The maximum atomic E-state index is 12.8. The molecular weight excluding hydrogens is 316 g/mol. The lowest BCUT2D eigenvalue weighted by molar-refractivity contribution is -0.124. The van der Waals surface area contributed by atoms with Crippen molar-refractivity contribution < 1.29 is 9.53 Å². The predicted molar refractivity (Wildman–Crippen MR) is 96.8 cm³/mol. The highest BCUT2D eigenvalue weighted by molar-refractivity contribution is 5.93. The second kappa shape index (κ2) is 6.15. The first-order valence-electron chi connectivity index (χ1n) is 9.34. The maximum Gasteiger partial charge on any atom is 0.318 e. The van der Waals surface area contributed by atoms with Gasteiger partial charge in [-0.05, 0) is 61.7 Å². The van der Waals surface area contributed by atoms with Gasteiger partial charge in [0.15, 0.2) is 5.82 Å². The Bertz CT molecular complexity index is 638. The van der Waals surface area contributed by atoms with Gasteiger partial charge in [-0.25, -0.2) is 4.98 Å². The normalized spacial score (nSPS) is 32.5. The van der Waals surface area contributed by atoms with Crippen LogP contribution in [0.4, 0.5) is 11.5 Å². The van der Waals surface area contributed by atoms with E-state index in [0.29, 0.717) is 23.9 Å². The Morgan fingerprint density at radius 3 is 2.36 bits per heavy atom. The molecule has 4 aliphatic rings. The summed E-state index contributed by atoms with van der Waals surface area (Å²) in [4.78, 5) is 23.2. The number of rotatable bonds is 5. The molecule has 136 valence electrons. The van der Waals surface area contributed by atoms with E-state index in [9.17, 15) is 4.79 Å². The fraction of sp³-hybridized carbons (Fsp3) is 0.737. The van der Waals surface area contributed by atoms with Gasteiger partial charge in [-0.2, -0.15) is 4.98 Å². The Labute approximate surface area is 149 Å². The summed E-state index contributed by atoms with van der Waals surface area (Å²) in [6, 6.07) is 0.308. The van der Waals surface area contributed by atoms with E-state index in [1.165, 1.54) is 38.5 Å². The van der Waals surface area contributed by atoms with Crippen molar-refractivity contribution >= 4 is 17.4 Å². The lowest BCUT2D eigenvalue weighted by Crippen LogP contribution is -2.47. The van der Waals surface area contributed by atoms with E-state index in [0.717, 1.165) is 17.8 Å². The fourth-order valence-electron chi connectivity index (χ4n) is 5.93. The van der Waals surface area contributed by atoms with Gasteiger partial charge in [-0.1, -0.05) is 0 Å². The van der Waals surface area contributed by atoms with Crippen molar-refractivity contribution in [3.63, 3.8) is 0 Å². The van der Waals surface area contributed by atoms with Gasteiger partial charge in [-0.3, -0.25) is 4.79 Å². The first-order valence-corrected chi connectivity index (χ1v) is 9.34. The predicted octanol–water partition coefficient (Wildman–Crippen LogP) is 3.10. The molecule has 5 rings (SSSR count). The highest BCUT2D eigenvalue weighted by Crippen LogP contribution is 2.61. The first-order chi connectivity index (χ1) is 12.0. The number of carbonyl (C=O) groups excluding carboxylic acids is 1. The number of hydrogen-bond acceptors (Lipinski definition) is 5. The van der Waals surface area contributed by atoms with Crippen LogP contribution in [-0.2, 0) is 4.79 Å². The molecule has 4 saturated carbocycles. The molecule has 1 aromatic rings. The van der Waals surface area contributed by atoms with Gasteiger partial charge >= 0.3 is 6.01 Å². The van der Waals surface area contributed by atoms with E-state index in [4.69, 9.17) is 4.74 Å². The molecule has 1 amide bonds. The quantitative estimate of drug-likeness (QED) is 0.889. The smallest absolute Gasteiger partial charge is 0.318 e. The number of methoxy groups -OCH3 is 1. The van der Waals surface area contributed by atoms with Gasteiger partial charge in [0.1, 0.15) is 5.69 Å². The summed E-state index contributed by atoms with van der Waals surface area (Å²) in [5.41, 5.74) is 0.894. The van der Waals surface area contributed by atoms with Crippen molar-refractivity contribution in [1.82, 2.24) is 9.97 Å². The number of aromatic nitrogens is 2. The zero-order valence-electron chi connectivity index (χ0n) is 15.4. The Hall–Kier alpha value is -1.85. The number of hydrogen-bond donors (Lipinski definition) is 1. The van der Waals surface area contributed by atoms with E-state index in [-0.39, 0.29) is 11.3 Å². The van der Waals surface area contributed by atoms with Gasteiger partial charge in [-0.15, -0.1) is 0 Å². The van der Waals surface area contributed by atoms with Crippen LogP contribution in [0.15, 0.2) is 6.20 Å². The second-order valence-electron chi connectivity index (χ2n) is 8.63. The molecule has 1 heterocycles. The number of anilines is 2. The number of nitrogens with one attached hydrogen (secondary N) is 1. The number of nitrogens with zero attached hydrogens (tertiary/aromatic N) is 3. The summed E-state index contributed by atoms with van der Waals surface area (Å²) in [7, 11) is 5.34. The number of amides is 1. The van der Waals surface area contributed by atoms with E-state index in [1.54, 1.807) is 13.3 Å². The number of carbonyl (C=O) groups is 1. The third-order valence-corrected chi connectivity index (χ3v) is 6.33. The van der Waals surface area contributed by atoms with Crippen molar-refractivity contribution in [1.29, 1.82) is 0 Å². The molecule has 25 heavy (non-hydrogen) atoms. The lowest BCUT2D eigenvalue weighted by atomic mass is 9.49. The Morgan fingerprint density at radius 2 is 1.84 bits per heavy atom. The van der Waals surface area contributed by atoms with Crippen LogP contribution in [0.25, 0.3) is 0 Å². The molecule has 6 heteroatoms. The van der Waals surface area contributed by atoms with Crippen molar-refractivity contribution in [2.75, 3.05) is 31.4 Å². The van der Waals surface area contributed by atoms with Gasteiger partial charge in [0.25, 0.3) is 0 Å². The number of ether oxygens (including phenoxy) is 1. The van der Waals surface area contributed by atoms with Gasteiger partial charge < -0.3 is 15.0 Å². The Kier molecular flexibility index (Phi) is 4.08. The molecule has 0 aliphatic heterocycles. The zero-order chi connectivity index (χ0) is 17.6. The summed E-state index contributed by atoms with van der Waals surface area (Å²) in [6.07, 6.45) is 10.2. The fourth-order valence-corrected chi connectivity index (χ4v) is 5.93. The lowest BCUT2D eigenvalue weighted by Gasteiger charge is -2.56. The largest absolute Gasteiger partial charge is 0.467 e. The molecule has 1 aromatic heterocycles. The molecule has 0 spiro atoms. The standard InChI is InChI=1S/C19H28N4O2/c1-23(2)17-15(11-20-18(22-17)25-3)21-16(24)10-19-7-12-4-13(8-19)6-14(5-12)9-19/h11-14H,4-10H2,1-3H3,(H,21,24). The highest BCUT2D eigenvalue weighted by Gasteiger charge is 2.51. The van der Waals surface area contributed by atoms with Crippen molar-refractivity contribution in [3.8, 4) is 6.01 Å². The third kappa shape index (κ3) is 3.18. The van der Waals surface area contributed by atoms with Crippen LogP contribution in [0, 0.1) is 23.2 Å². The SMILES string of the molecule is COc1ncc(NC(=O)CC23CC4CC(CC(C4)C2)C3)c(N(C)C)n1. The molecule has 0 atom stereocenters. The Balaban J connectivity index is 1.48. The van der Waals surface area contributed by atoms with E-state index in [1.807, 2.05) is 19.0 Å². The minimum atomic E-state index is 0.0961. The highest BCUT2D eigenvalue weighted by atomic mass is 16.5. The maximum absolute atomic E-state index is 12.8. The van der Waals surface area contributed by atoms with E-state index < -0.39 is 0 Å². The Morgan fingerprint density at radius 1 is 1.24 bits per heavy atom. The van der Waals surface area contributed by atoms with Crippen LogP contribution in [-0.4, -0.2) is 37.1 Å². The molecule has 4 bridgehead atoms. The second-order valence-corrected chi connectivity index (χ2v) is 8.63. The minimum Gasteiger partial charge on any atom is -0.467 e. The van der Waals surface area contributed by atoms with Gasteiger partial charge in [0, 0.05) is 20.5 Å². The van der Waals surface area contributed by atoms with Crippen LogP contribution in [0.5, 0.6) is 6.01 Å². The average molecular weight is 344 g/mol. The van der Waals surface area contributed by atoms with Crippen LogP contribution < -0.4 is 15.0 Å². The van der Waals surface area contributed by atoms with E-state index in [2.05, 4.69) is 15.3 Å². The molecule has 6 nitrogen and oxygen atoms in total. The van der Waals surface area contributed by atoms with Gasteiger partial charge in [0.05, 0.1) is 13.3 Å². The topological polar surface area (TPSA) is 67.3 Å². The first kappa shape index (κ1) is 16.6. The molecule has 4 aliphatic carbocycles.